The van der Waals surface area contributed by atoms with Crippen LogP contribution in [-0.2, 0) is 13.7 Å². The third-order valence-electron chi connectivity index (χ3n) is 4.66. The highest BCUT2D eigenvalue weighted by Gasteiger charge is 2.27. The number of hydrogen-bond acceptors (Lipinski definition) is 6. The Balaban J connectivity index is 1.72. The van der Waals surface area contributed by atoms with Gasteiger partial charge < -0.3 is 14.6 Å². The third-order valence-corrected chi connectivity index (χ3v) is 4.66. The summed E-state index contributed by atoms with van der Waals surface area (Å²) in [6.45, 7) is -3.19. The first-order valence-corrected chi connectivity index (χ1v) is 8.96. The van der Waals surface area contributed by atoms with Crippen molar-refractivity contribution >= 4 is 0 Å². The van der Waals surface area contributed by atoms with Gasteiger partial charge in [0.15, 0.2) is 0 Å². The summed E-state index contributed by atoms with van der Waals surface area (Å²) in [6.07, 6.45) is 1.98. The minimum Gasteiger partial charge on any atom is -0.508 e. The molecule has 0 aliphatic heterocycles. The van der Waals surface area contributed by atoms with Crippen molar-refractivity contribution in [3.05, 3.63) is 58.0 Å². The maximum Gasteiger partial charge on any atom is 0.387 e. The van der Waals surface area contributed by atoms with Crippen molar-refractivity contribution in [3.63, 3.8) is 0 Å². The Morgan fingerprint density at radius 1 is 1.21 bits per heavy atom. The largest absolute Gasteiger partial charge is 0.508 e. The van der Waals surface area contributed by atoms with Crippen LogP contribution >= 0.6 is 0 Å². The summed E-state index contributed by atoms with van der Waals surface area (Å²) in [5, 5.41) is 17.2. The Morgan fingerprint density at radius 2 is 2.00 bits per heavy atom. The highest BCUT2D eigenvalue weighted by molar-refractivity contribution is 5.50. The first kappa shape index (κ1) is 18.9. The molecule has 152 valence electrons. The first-order chi connectivity index (χ1) is 13.9. The van der Waals surface area contributed by atoms with Gasteiger partial charge in [-0.3, -0.25) is 0 Å². The lowest BCUT2D eigenvalue weighted by molar-refractivity contribution is -0.0508. The van der Waals surface area contributed by atoms with Crippen LogP contribution < -0.4 is 15.2 Å². The Labute approximate surface area is 163 Å². The van der Waals surface area contributed by atoms with Gasteiger partial charge in [-0.05, 0) is 59.5 Å². The van der Waals surface area contributed by atoms with Crippen molar-refractivity contribution in [1.82, 2.24) is 19.8 Å². The van der Waals surface area contributed by atoms with E-state index >= 15 is 0 Å². The van der Waals surface area contributed by atoms with Crippen LogP contribution in [0.25, 0.3) is 5.69 Å². The van der Waals surface area contributed by atoms with Gasteiger partial charge in [-0.1, -0.05) is 6.07 Å². The van der Waals surface area contributed by atoms with Crippen molar-refractivity contribution in [2.24, 2.45) is 7.05 Å². The van der Waals surface area contributed by atoms with Gasteiger partial charge in [0.1, 0.15) is 23.9 Å². The Kier molecular flexibility index (Phi) is 4.91. The molecule has 10 heteroatoms. The summed E-state index contributed by atoms with van der Waals surface area (Å²) in [5.74, 6) is 0.843. The van der Waals surface area contributed by atoms with E-state index in [2.05, 4.69) is 15.2 Å². The summed E-state index contributed by atoms with van der Waals surface area (Å²) in [5.41, 5.74) is 0.775. The third kappa shape index (κ3) is 3.91. The number of rotatable bonds is 7. The predicted octanol–water partition coefficient (Wildman–Crippen LogP) is 2.73. The first-order valence-electron chi connectivity index (χ1n) is 8.96. The Morgan fingerprint density at radius 3 is 2.66 bits per heavy atom. The normalized spacial score (nSPS) is 13.7. The number of hydrogen-bond donors (Lipinski definition) is 1. The quantitative estimate of drug-likeness (QED) is 0.651. The number of ether oxygens (including phenoxy) is 2. The molecule has 0 saturated heterocycles. The van der Waals surface area contributed by atoms with E-state index in [4.69, 9.17) is 4.74 Å². The number of halogens is 2. The smallest absolute Gasteiger partial charge is 0.387 e. The molecule has 1 fully saturated rings. The van der Waals surface area contributed by atoms with E-state index < -0.39 is 12.3 Å². The number of nitrogens with zero attached hydrogens (tertiary/aromatic N) is 4. The van der Waals surface area contributed by atoms with Crippen LogP contribution in [0.2, 0.25) is 0 Å². The number of aromatic nitrogens is 4. The van der Waals surface area contributed by atoms with Crippen LogP contribution in [0.15, 0.2) is 41.2 Å². The number of tetrazole rings is 1. The van der Waals surface area contributed by atoms with Crippen LogP contribution in [0.3, 0.4) is 0 Å². The molecule has 0 radical (unpaired) electrons. The fourth-order valence-electron chi connectivity index (χ4n) is 3.10. The maximum atomic E-state index is 12.9. The zero-order valence-electron chi connectivity index (χ0n) is 15.5. The molecule has 0 amide bonds. The molecular weight excluding hydrogens is 386 g/mol. The van der Waals surface area contributed by atoms with Crippen molar-refractivity contribution in [1.29, 1.82) is 0 Å². The van der Waals surface area contributed by atoms with Gasteiger partial charge >= 0.3 is 12.3 Å². The second kappa shape index (κ2) is 7.53. The number of aryl methyl sites for hydroxylation is 1. The Bertz CT molecular complexity index is 1090. The van der Waals surface area contributed by atoms with Gasteiger partial charge in [-0.25, -0.2) is 4.79 Å². The molecule has 2 aromatic carbocycles. The van der Waals surface area contributed by atoms with Gasteiger partial charge in [0.25, 0.3) is 0 Å². The van der Waals surface area contributed by atoms with E-state index in [1.54, 1.807) is 18.2 Å². The van der Waals surface area contributed by atoms with E-state index in [9.17, 15) is 18.7 Å². The van der Waals surface area contributed by atoms with E-state index in [-0.39, 0.29) is 29.4 Å². The number of aromatic hydroxyl groups is 1. The van der Waals surface area contributed by atoms with Gasteiger partial charge in [0.05, 0.1) is 11.3 Å². The zero-order valence-corrected chi connectivity index (χ0v) is 15.5. The highest BCUT2D eigenvalue weighted by atomic mass is 19.3. The molecule has 0 bridgehead atoms. The van der Waals surface area contributed by atoms with Crippen molar-refractivity contribution in [3.8, 4) is 22.9 Å². The van der Waals surface area contributed by atoms with E-state index in [0.717, 1.165) is 27.8 Å². The fourth-order valence-corrected chi connectivity index (χ4v) is 3.10. The molecule has 0 unspecified atom stereocenters. The molecule has 3 aromatic rings. The average Bonchev–Trinajstić information content (AvgIpc) is 3.47. The molecule has 1 aliphatic rings. The summed E-state index contributed by atoms with van der Waals surface area (Å²) in [7, 11) is 1.43. The molecule has 4 rings (SSSR count). The second-order valence-corrected chi connectivity index (χ2v) is 6.71. The summed E-state index contributed by atoms with van der Waals surface area (Å²) >= 11 is 0. The van der Waals surface area contributed by atoms with Crippen molar-refractivity contribution in [2.45, 2.75) is 32.0 Å². The molecule has 1 aliphatic carbocycles. The monoisotopic (exact) mass is 404 g/mol. The van der Waals surface area contributed by atoms with E-state index in [0.29, 0.717) is 11.7 Å². The zero-order chi connectivity index (χ0) is 20.5. The van der Waals surface area contributed by atoms with Gasteiger partial charge in [-0.15, -0.1) is 0 Å². The standard InChI is InChI=1S/C19H18F2N4O4/c1-24-19(27)25(23-22-24)15-3-2-4-17(29-18(20)21)14(15)10-28-16-8-7-12(26)9-13(16)11-5-6-11/h2-4,7-9,11,18,26H,5-6,10H2,1H3. The van der Waals surface area contributed by atoms with Gasteiger partial charge in [0, 0.05) is 12.6 Å². The maximum absolute atomic E-state index is 12.9. The van der Waals surface area contributed by atoms with E-state index in [1.807, 2.05) is 0 Å². The molecule has 1 saturated carbocycles. The lowest BCUT2D eigenvalue weighted by Crippen LogP contribution is -2.23. The minimum atomic E-state index is -3.04. The SMILES string of the molecule is Cn1nnn(-c2cccc(OC(F)F)c2COc2ccc(O)cc2C2CC2)c1=O. The number of alkyl halides is 2. The molecule has 8 nitrogen and oxygen atoms in total. The van der Waals surface area contributed by atoms with Crippen LogP contribution in [-0.4, -0.2) is 31.5 Å². The summed E-state index contributed by atoms with van der Waals surface area (Å²) in [4.78, 5) is 12.3. The molecule has 0 atom stereocenters. The lowest BCUT2D eigenvalue weighted by Gasteiger charge is -2.17. The van der Waals surface area contributed by atoms with Crippen molar-refractivity contribution in [2.75, 3.05) is 0 Å². The van der Waals surface area contributed by atoms with Crippen LogP contribution in [0.1, 0.15) is 29.9 Å². The topological polar surface area (TPSA) is 91.4 Å². The van der Waals surface area contributed by atoms with E-state index in [1.165, 1.54) is 25.2 Å². The van der Waals surface area contributed by atoms with Crippen LogP contribution in [0.5, 0.6) is 17.2 Å². The predicted molar refractivity (Wildman–Crippen MR) is 97.6 cm³/mol. The molecule has 0 spiro atoms. The van der Waals surface area contributed by atoms with Gasteiger partial charge in [-0.2, -0.15) is 18.1 Å². The molecular formula is C19H18F2N4O4. The number of phenolic OH excluding ortho intramolecular Hbond substituents is 1. The molecule has 29 heavy (non-hydrogen) atoms. The van der Waals surface area contributed by atoms with Crippen molar-refractivity contribution < 1.29 is 23.4 Å². The molecule has 1 N–H and O–H groups in total. The molecule has 1 aromatic heterocycles. The molecule has 1 heterocycles. The second-order valence-electron chi connectivity index (χ2n) is 6.71. The average molecular weight is 404 g/mol. The summed E-state index contributed by atoms with van der Waals surface area (Å²) in [6, 6.07) is 9.17. The summed E-state index contributed by atoms with van der Waals surface area (Å²) < 4.78 is 38.4. The number of phenols is 1. The minimum absolute atomic E-state index is 0.123. The van der Waals surface area contributed by atoms with Crippen LogP contribution in [0, 0.1) is 0 Å². The Hall–Kier alpha value is -3.43. The van der Waals surface area contributed by atoms with Gasteiger partial charge in [0.2, 0.25) is 0 Å². The fraction of sp³-hybridized carbons (Fsp3) is 0.316. The van der Waals surface area contributed by atoms with Crippen LogP contribution in [0.4, 0.5) is 8.78 Å². The lowest BCUT2D eigenvalue weighted by atomic mass is 10.1. The highest BCUT2D eigenvalue weighted by Crippen LogP contribution is 2.45. The number of benzene rings is 2.